The lowest BCUT2D eigenvalue weighted by Crippen LogP contribution is -2.04. The van der Waals surface area contributed by atoms with Gasteiger partial charge < -0.3 is 9.84 Å². The van der Waals surface area contributed by atoms with Crippen molar-refractivity contribution >= 4 is 11.7 Å². The molecule has 21 heavy (non-hydrogen) atoms. The van der Waals surface area contributed by atoms with Crippen molar-refractivity contribution in [2.24, 2.45) is 7.05 Å². The van der Waals surface area contributed by atoms with Gasteiger partial charge in [0.1, 0.15) is 5.56 Å². The number of carboxylic acids is 1. The van der Waals surface area contributed by atoms with Crippen molar-refractivity contribution in [3.8, 4) is 11.6 Å². The largest absolute Gasteiger partial charge is 0.477 e. The van der Waals surface area contributed by atoms with E-state index >= 15 is 0 Å². The lowest BCUT2D eigenvalue weighted by Gasteiger charge is -2.09. The second-order valence-corrected chi connectivity index (χ2v) is 4.48. The van der Waals surface area contributed by atoms with Crippen LogP contribution < -0.4 is 4.74 Å². The third kappa shape index (κ3) is 2.55. The number of para-hydroxylation sites is 1. The predicted octanol–water partition coefficient (Wildman–Crippen LogP) is 2.44. The van der Waals surface area contributed by atoms with Gasteiger partial charge in [-0.05, 0) is 19.4 Å². The standard InChI is InChI=1S/C13H13N3O5/c1-7-5-4-6-9(16(19)20)11(7)21-12-10(13(17)18)8(2)14-15(12)3/h4-6H,1-3H3,(H,17,18). The summed E-state index contributed by atoms with van der Waals surface area (Å²) in [6.07, 6.45) is 0. The number of nitro benzene ring substituents is 1. The molecular weight excluding hydrogens is 278 g/mol. The molecule has 0 saturated carbocycles. The molecule has 8 nitrogen and oxygen atoms in total. The van der Waals surface area contributed by atoms with E-state index in [0.29, 0.717) is 5.56 Å². The van der Waals surface area contributed by atoms with Crippen molar-refractivity contribution in [2.75, 3.05) is 0 Å². The molecule has 110 valence electrons. The van der Waals surface area contributed by atoms with Crippen molar-refractivity contribution in [2.45, 2.75) is 13.8 Å². The lowest BCUT2D eigenvalue weighted by molar-refractivity contribution is -0.385. The van der Waals surface area contributed by atoms with Crippen LogP contribution in [-0.4, -0.2) is 25.8 Å². The van der Waals surface area contributed by atoms with Gasteiger partial charge in [-0.25, -0.2) is 9.48 Å². The molecule has 2 aromatic rings. The number of nitrogens with zero attached hydrogens (tertiary/aromatic N) is 3. The van der Waals surface area contributed by atoms with Gasteiger partial charge in [-0.3, -0.25) is 10.1 Å². The van der Waals surface area contributed by atoms with Crippen molar-refractivity contribution < 1.29 is 19.6 Å². The summed E-state index contributed by atoms with van der Waals surface area (Å²) >= 11 is 0. The summed E-state index contributed by atoms with van der Waals surface area (Å²) in [5, 5.41) is 24.3. The van der Waals surface area contributed by atoms with Crippen LogP contribution in [0, 0.1) is 24.0 Å². The van der Waals surface area contributed by atoms with Crippen LogP contribution in [0.3, 0.4) is 0 Å². The van der Waals surface area contributed by atoms with Crippen LogP contribution in [0.1, 0.15) is 21.6 Å². The summed E-state index contributed by atoms with van der Waals surface area (Å²) < 4.78 is 6.77. The Bertz CT molecular complexity index is 736. The molecule has 0 aliphatic carbocycles. The number of benzene rings is 1. The Morgan fingerprint density at radius 1 is 1.43 bits per heavy atom. The van der Waals surface area contributed by atoms with Crippen LogP contribution in [0.2, 0.25) is 0 Å². The van der Waals surface area contributed by atoms with Crippen molar-refractivity contribution in [3.05, 3.63) is 45.1 Å². The molecule has 0 amide bonds. The maximum Gasteiger partial charge on any atom is 0.343 e. The molecule has 0 spiro atoms. The quantitative estimate of drug-likeness (QED) is 0.684. The van der Waals surface area contributed by atoms with E-state index in [0.717, 1.165) is 0 Å². The number of hydrogen-bond donors (Lipinski definition) is 1. The first kappa shape index (κ1) is 14.5. The summed E-state index contributed by atoms with van der Waals surface area (Å²) in [6, 6.07) is 4.48. The number of aryl methyl sites for hydroxylation is 3. The number of aromatic carboxylic acids is 1. The minimum Gasteiger partial charge on any atom is -0.477 e. The monoisotopic (exact) mass is 291 g/mol. The summed E-state index contributed by atoms with van der Waals surface area (Å²) in [4.78, 5) is 21.8. The fourth-order valence-electron chi connectivity index (χ4n) is 2.01. The second-order valence-electron chi connectivity index (χ2n) is 4.48. The van der Waals surface area contributed by atoms with E-state index in [1.54, 1.807) is 13.0 Å². The van der Waals surface area contributed by atoms with Gasteiger partial charge in [0, 0.05) is 13.1 Å². The second kappa shape index (κ2) is 5.23. The first-order chi connectivity index (χ1) is 9.82. The number of hydrogen-bond acceptors (Lipinski definition) is 5. The van der Waals surface area contributed by atoms with Gasteiger partial charge in [-0.2, -0.15) is 5.10 Å². The van der Waals surface area contributed by atoms with Crippen LogP contribution >= 0.6 is 0 Å². The van der Waals surface area contributed by atoms with Gasteiger partial charge in [0.15, 0.2) is 0 Å². The number of ether oxygens (including phenoxy) is 1. The molecule has 1 heterocycles. The molecule has 0 aliphatic rings. The minimum atomic E-state index is -1.20. The van der Waals surface area contributed by atoms with E-state index in [-0.39, 0.29) is 28.6 Å². The molecule has 0 unspecified atom stereocenters. The lowest BCUT2D eigenvalue weighted by atomic mass is 10.2. The highest BCUT2D eigenvalue weighted by Crippen LogP contribution is 2.36. The fourth-order valence-corrected chi connectivity index (χ4v) is 2.01. The predicted molar refractivity (Wildman–Crippen MR) is 72.8 cm³/mol. The smallest absolute Gasteiger partial charge is 0.343 e. The van der Waals surface area contributed by atoms with Gasteiger partial charge in [-0.15, -0.1) is 0 Å². The summed E-state index contributed by atoms with van der Waals surface area (Å²) in [5.41, 5.74) is 0.455. The third-order valence-corrected chi connectivity index (χ3v) is 2.97. The SMILES string of the molecule is Cc1cccc([N+](=O)[O-])c1Oc1c(C(=O)O)c(C)nn1C. The highest BCUT2D eigenvalue weighted by atomic mass is 16.6. The Hall–Kier alpha value is -2.90. The van der Waals surface area contributed by atoms with Crippen LogP contribution in [-0.2, 0) is 7.05 Å². The highest BCUT2D eigenvalue weighted by molar-refractivity contribution is 5.91. The Labute approximate surface area is 119 Å². The number of rotatable bonds is 4. The van der Waals surface area contributed by atoms with Crippen LogP contribution in [0.4, 0.5) is 5.69 Å². The summed E-state index contributed by atoms with van der Waals surface area (Å²) in [6.45, 7) is 3.18. The topological polar surface area (TPSA) is 107 Å². The fraction of sp³-hybridized carbons (Fsp3) is 0.231. The average molecular weight is 291 g/mol. The molecule has 1 aromatic carbocycles. The number of aromatic nitrogens is 2. The van der Waals surface area contributed by atoms with Crippen molar-refractivity contribution in [3.63, 3.8) is 0 Å². The van der Waals surface area contributed by atoms with E-state index in [4.69, 9.17) is 4.74 Å². The first-order valence-corrected chi connectivity index (χ1v) is 6.01. The molecule has 0 bridgehead atoms. The molecule has 8 heteroatoms. The van der Waals surface area contributed by atoms with E-state index in [1.807, 2.05) is 0 Å². The van der Waals surface area contributed by atoms with Crippen LogP contribution in [0.5, 0.6) is 11.6 Å². The molecule has 0 radical (unpaired) electrons. The van der Waals surface area contributed by atoms with Gasteiger partial charge in [0.2, 0.25) is 11.6 Å². The first-order valence-electron chi connectivity index (χ1n) is 6.01. The molecule has 0 saturated heterocycles. The van der Waals surface area contributed by atoms with Crippen molar-refractivity contribution in [1.82, 2.24) is 9.78 Å². The van der Waals surface area contributed by atoms with Crippen LogP contribution in [0.25, 0.3) is 0 Å². The molecule has 0 aliphatic heterocycles. The summed E-state index contributed by atoms with van der Waals surface area (Å²) in [7, 11) is 1.51. The van der Waals surface area contributed by atoms with Gasteiger partial charge in [0.25, 0.3) is 0 Å². The van der Waals surface area contributed by atoms with Gasteiger partial charge in [-0.1, -0.05) is 12.1 Å². The molecule has 0 atom stereocenters. The molecule has 2 rings (SSSR count). The van der Waals surface area contributed by atoms with E-state index in [1.165, 1.54) is 30.8 Å². The Kier molecular flexibility index (Phi) is 3.62. The third-order valence-electron chi connectivity index (χ3n) is 2.97. The van der Waals surface area contributed by atoms with E-state index < -0.39 is 10.9 Å². The maximum atomic E-state index is 11.3. The molecule has 1 N–H and O–H groups in total. The zero-order valence-electron chi connectivity index (χ0n) is 11.7. The Morgan fingerprint density at radius 2 is 2.10 bits per heavy atom. The van der Waals surface area contributed by atoms with E-state index in [2.05, 4.69) is 5.10 Å². The number of carboxylic acid groups (broad SMARTS) is 1. The van der Waals surface area contributed by atoms with Gasteiger partial charge in [0.05, 0.1) is 10.6 Å². The molecule has 0 fully saturated rings. The number of carbonyl (C=O) groups is 1. The Balaban J connectivity index is 2.59. The zero-order chi connectivity index (χ0) is 15.7. The van der Waals surface area contributed by atoms with Crippen molar-refractivity contribution in [1.29, 1.82) is 0 Å². The summed E-state index contributed by atoms with van der Waals surface area (Å²) in [5.74, 6) is -1.24. The number of nitro groups is 1. The van der Waals surface area contributed by atoms with E-state index in [9.17, 15) is 20.0 Å². The normalized spacial score (nSPS) is 10.4. The molecule has 1 aromatic heterocycles. The average Bonchev–Trinajstić information content (AvgIpc) is 2.66. The maximum absolute atomic E-state index is 11.3. The minimum absolute atomic E-state index is 0.00741. The highest BCUT2D eigenvalue weighted by Gasteiger charge is 2.25. The zero-order valence-corrected chi connectivity index (χ0v) is 11.7. The van der Waals surface area contributed by atoms with Crippen LogP contribution in [0.15, 0.2) is 18.2 Å². The van der Waals surface area contributed by atoms with Gasteiger partial charge >= 0.3 is 11.7 Å². The molecular formula is C13H13N3O5. The Morgan fingerprint density at radius 3 is 2.67 bits per heavy atom.